The fourth-order valence-corrected chi connectivity index (χ4v) is 2.47. The highest BCUT2D eigenvalue weighted by Gasteiger charge is 2.28. The number of amides is 1. The van der Waals surface area contributed by atoms with Crippen LogP contribution in [0, 0.1) is 6.92 Å². The van der Waals surface area contributed by atoms with Gasteiger partial charge in [0.2, 0.25) is 5.91 Å². The van der Waals surface area contributed by atoms with Crippen molar-refractivity contribution in [1.29, 1.82) is 0 Å². The van der Waals surface area contributed by atoms with Gasteiger partial charge < -0.3 is 15.1 Å². The van der Waals surface area contributed by atoms with Crippen LogP contribution in [0.3, 0.4) is 0 Å². The third-order valence-corrected chi connectivity index (χ3v) is 3.40. The number of rotatable bonds is 1. The molecule has 5 nitrogen and oxygen atoms in total. The van der Waals surface area contributed by atoms with E-state index in [1.807, 2.05) is 19.1 Å². The third-order valence-electron chi connectivity index (χ3n) is 3.40. The van der Waals surface area contributed by atoms with Crippen LogP contribution in [0.25, 0.3) is 11.0 Å². The van der Waals surface area contributed by atoms with Gasteiger partial charge in [0.25, 0.3) is 0 Å². The van der Waals surface area contributed by atoms with Gasteiger partial charge in [-0.3, -0.25) is 4.79 Å². The second kappa shape index (κ2) is 4.20. The Morgan fingerprint density at radius 2 is 2.11 bits per heavy atom. The van der Waals surface area contributed by atoms with Gasteiger partial charge in [0.15, 0.2) is 0 Å². The van der Waals surface area contributed by atoms with E-state index in [-0.39, 0.29) is 17.6 Å². The van der Waals surface area contributed by atoms with Crippen molar-refractivity contribution in [3.63, 3.8) is 0 Å². The molecule has 1 aliphatic heterocycles. The molecule has 19 heavy (non-hydrogen) atoms. The molecule has 2 N–H and O–H groups in total. The summed E-state index contributed by atoms with van der Waals surface area (Å²) in [6.45, 7) is 2.36. The van der Waals surface area contributed by atoms with E-state index in [4.69, 9.17) is 10.2 Å². The van der Waals surface area contributed by atoms with E-state index in [1.54, 1.807) is 11.0 Å². The smallest absolute Gasteiger partial charge is 0.336 e. The van der Waals surface area contributed by atoms with Crippen molar-refractivity contribution < 1.29 is 9.21 Å². The van der Waals surface area contributed by atoms with Crippen molar-refractivity contribution in [2.45, 2.75) is 19.4 Å². The van der Waals surface area contributed by atoms with Crippen LogP contribution in [0.4, 0.5) is 5.69 Å². The van der Waals surface area contributed by atoms with E-state index >= 15 is 0 Å². The summed E-state index contributed by atoms with van der Waals surface area (Å²) in [6.07, 6.45) is 0.357. The molecular formula is C14H14N2O3. The first kappa shape index (κ1) is 11.9. The van der Waals surface area contributed by atoms with Gasteiger partial charge in [0.1, 0.15) is 5.58 Å². The van der Waals surface area contributed by atoms with Crippen LogP contribution in [-0.2, 0) is 4.79 Å². The number of carbonyl (C=O) groups excluding carboxylic acids is 1. The van der Waals surface area contributed by atoms with Crippen LogP contribution in [0.15, 0.2) is 33.5 Å². The van der Waals surface area contributed by atoms with Crippen molar-refractivity contribution in [3.8, 4) is 0 Å². The van der Waals surface area contributed by atoms with Gasteiger partial charge in [-0.15, -0.1) is 0 Å². The number of nitrogens with two attached hydrogens (primary N) is 1. The summed E-state index contributed by atoms with van der Waals surface area (Å²) in [5, 5.41) is 0.874. The van der Waals surface area contributed by atoms with Crippen LogP contribution < -0.4 is 16.3 Å². The normalized spacial score (nSPS) is 19.4. The number of aryl methyl sites for hydroxylation is 1. The van der Waals surface area contributed by atoms with Gasteiger partial charge in [-0.25, -0.2) is 4.79 Å². The molecule has 1 amide bonds. The lowest BCUT2D eigenvalue weighted by atomic mass is 10.1. The minimum atomic E-state index is -0.383. The maximum Gasteiger partial charge on any atom is 0.336 e. The summed E-state index contributed by atoms with van der Waals surface area (Å²) in [6, 6.07) is 6.76. The van der Waals surface area contributed by atoms with Crippen molar-refractivity contribution in [2.24, 2.45) is 5.73 Å². The molecule has 1 fully saturated rings. The van der Waals surface area contributed by atoms with E-state index in [0.717, 1.165) is 16.6 Å². The van der Waals surface area contributed by atoms with Crippen molar-refractivity contribution in [1.82, 2.24) is 0 Å². The first-order chi connectivity index (χ1) is 9.04. The maximum absolute atomic E-state index is 11.8. The summed E-state index contributed by atoms with van der Waals surface area (Å²) in [7, 11) is 0. The number of anilines is 1. The van der Waals surface area contributed by atoms with Crippen LogP contribution >= 0.6 is 0 Å². The highest BCUT2D eigenvalue weighted by atomic mass is 16.4. The van der Waals surface area contributed by atoms with Gasteiger partial charge in [0.05, 0.1) is 0 Å². The fourth-order valence-electron chi connectivity index (χ4n) is 2.47. The van der Waals surface area contributed by atoms with E-state index in [1.165, 1.54) is 6.07 Å². The highest BCUT2D eigenvalue weighted by Crippen LogP contribution is 2.26. The molecular weight excluding hydrogens is 244 g/mol. The molecule has 1 saturated heterocycles. The standard InChI is InChI=1S/C14H14N2O3/c1-8-4-14(18)19-12-6-10(2-3-11(8)12)16-7-9(15)5-13(16)17/h2-4,6,9H,5,7,15H2,1H3. The van der Waals surface area contributed by atoms with Crippen LogP contribution in [0.2, 0.25) is 0 Å². The van der Waals surface area contributed by atoms with Gasteiger partial charge in [0, 0.05) is 42.2 Å². The minimum absolute atomic E-state index is 0.00171. The van der Waals surface area contributed by atoms with Crippen molar-refractivity contribution in [2.75, 3.05) is 11.4 Å². The summed E-state index contributed by atoms with van der Waals surface area (Å²) in [5.41, 5.74) is 7.48. The topological polar surface area (TPSA) is 76.5 Å². The number of carbonyl (C=O) groups is 1. The molecule has 1 aliphatic rings. The summed E-state index contributed by atoms with van der Waals surface area (Å²) >= 11 is 0. The molecule has 1 unspecified atom stereocenters. The van der Waals surface area contributed by atoms with Gasteiger partial charge in [-0.1, -0.05) is 0 Å². The molecule has 0 spiro atoms. The molecule has 2 heterocycles. The molecule has 98 valence electrons. The van der Waals surface area contributed by atoms with Crippen molar-refractivity contribution >= 4 is 22.6 Å². The largest absolute Gasteiger partial charge is 0.423 e. The third kappa shape index (κ3) is 2.02. The molecule has 1 aromatic heterocycles. The average Bonchev–Trinajstić information content (AvgIpc) is 2.67. The van der Waals surface area contributed by atoms with E-state index in [9.17, 15) is 9.59 Å². The molecule has 0 saturated carbocycles. The summed E-state index contributed by atoms with van der Waals surface area (Å²) in [5.74, 6) is 0.00171. The molecule has 1 atom stereocenters. The second-order valence-corrected chi connectivity index (χ2v) is 4.90. The Labute approximate surface area is 109 Å². The first-order valence-electron chi connectivity index (χ1n) is 6.15. The number of fused-ring (bicyclic) bond motifs is 1. The SMILES string of the molecule is Cc1cc(=O)oc2cc(N3CC(N)CC3=O)ccc12. The van der Waals surface area contributed by atoms with Crippen LogP contribution in [-0.4, -0.2) is 18.5 Å². The minimum Gasteiger partial charge on any atom is -0.423 e. The lowest BCUT2D eigenvalue weighted by Crippen LogP contribution is -2.27. The fraction of sp³-hybridized carbons (Fsp3) is 0.286. The van der Waals surface area contributed by atoms with Crippen LogP contribution in [0.5, 0.6) is 0 Å². The second-order valence-electron chi connectivity index (χ2n) is 4.90. The Kier molecular flexibility index (Phi) is 2.64. The lowest BCUT2D eigenvalue weighted by molar-refractivity contribution is -0.117. The van der Waals surface area contributed by atoms with Gasteiger partial charge >= 0.3 is 5.63 Å². The number of benzene rings is 1. The van der Waals surface area contributed by atoms with Gasteiger partial charge in [-0.2, -0.15) is 0 Å². The Morgan fingerprint density at radius 1 is 1.32 bits per heavy atom. The molecule has 2 aromatic rings. The predicted molar refractivity (Wildman–Crippen MR) is 72.2 cm³/mol. The zero-order valence-corrected chi connectivity index (χ0v) is 10.6. The van der Waals surface area contributed by atoms with Crippen molar-refractivity contribution in [3.05, 3.63) is 40.2 Å². The molecule has 0 bridgehead atoms. The lowest BCUT2D eigenvalue weighted by Gasteiger charge is -2.16. The molecule has 3 rings (SSSR count). The molecule has 0 radical (unpaired) electrons. The van der Waals surface area contributed by atoms with E-state index in [0.29, 0.717) is 18.5 Å². The Balaban J connectivity index is 2.12. The Morgan fingerprint density at radius 3 is 2.79 bits per heavy atom. The first-order valence-corrected chi connectivity index (χ1v) is 6.15. The predicted octanol–water partition coefficient (Wildman–Crippen LogP) is 1.17. The monoisotopic (exact) mass is 258 g/mol. The quantitative estimate of drug-likeness (QED) is 0.779. The van der Waals surface area contributed by atoms with Crippen LogP contribution in [0.1, 0.15) is 12.0 Å². The average molecular weight is 258 g/mol. The zero-order chi connectivity index (χ0) is 13.6. The highest BCUT2D eigenvalue weighted by molar-refractivity contribution is 5.98. The molecule has 1 aromatic carbocycles. The number of hydrogen-bond acceptors (Lipinski definition) is 4. The Bertz CT molecular complexity index is 720. The zero-order valence-electron chi connectivity index (χ0n) is 10.6. The summed E-state index contributed by atoms with van der Waals surface area (Å²) < 4.78 is 5.18. The van der Waals surface area contributed by atoms with E-state index < -0.39 is 0 Å². The molecule has 0 aliphatic carbocycles. The molecule has 5 heteroatoms. The summed E-state index contributed by atoms with van der Waals surface area (Å²) in [4.78, 5) is 24.8. The van der Waals surface area contributed by atoms with Gasteiger partial charge in [-0.05, 0) is 24.6 Å². The Hall–Kier alpha value is -2.14. The number of hydrogen-bond donors (Lipinski definition) is 1. The maximum atomic E-state index is 11.8. The van der Waals surface area contributed by atoms with E-state index in [2.05, 4.69) is 0 Å². The number of nitrogens with zero attached hydrogens (tertiary/aromatic N) is 1.